The van der Waals surface area contributed by atoms with Crippen LogP contribution in [0.5, 0.6) is 0 Å². The lowest BCUT2D eigenvalue weighted by atomic mass is 9.98. The molecule has 1 unspecified atom stereocenters. The number of benzene rings is 2. The first kappa shape index (κ1) is 15.6. The summed E-state index contributed by atoms with van der Waals surface area (Å²) in [6, 6.07) is 12.3. The van der Waals surface area contributed by atoms with Crippen LogP contribution < -0.4 is 5.32 Å². The van der Waals surface area contributed by atoms with Crippen LogP contribution in [0.1, 0.15) is 38.3 Å². The fraction of sp³-hybridized carbons (Fsp3) is 0.333. The second-order valence-corrected chi connectivity index (χ2v) is 5.17. The fourth-order valence-electron chi connectivity index (χ4n) is 2.43. The smallest absolute Gasteiger partial charge is 0.159 e. The predicted octanol–water partition coefficient (Wildman–Crippen LogP) is 5.08. The molecule has 0 saturated heterocycles. The van der Waals surface area contributed by atoms with E-state index in [9.17, 15) is 8.78 Å². The molecule has 1 nitrogen and oxygen atoms in total. The van der Waals surface area contributed by atoms with Gasteiger partial charge in [-0.15, -0.1) is 0 Å². The zero-order chi connectivity index (χ0) is 15.2. The van der Waals surface area contributed by atoms with E-state index in [0.29, 0.717) is 5.56 Å². The molecule has 3 heteroatoms. The third-order valence-corrected chi connectivity index (χ3v) is 3.59. The topological polar surface area (TPSA) is 12.0 Å². The second kappa shape index (κ2) is 7.32. The Balaban J connectivity index is 2.29. The van der Waals surface area contributed by atoms with Gasteiger partial charge in [-0.3, -0.25) is 0 Å². The minimum atomic E-state index is -0.814. The molecule has 0 aliphatic carbocycles. The maximum absolute atomic E-state index is 13.4. The van der Waals surface area contributed by atoms with Crippen molar-refractivity contribution in [3.05, 3.63) is 59.7 Å². The Morgan fingerprint density at radius 2 is 1.71 bits per heavy atom. The number of halogens is 2. The summed E-state index contributed by atoms with van der Waals surface area (Å²) in [5, 5.41) is 3.50. The molecule has 1 atom stereocenters. The van der Waals surface area contributed by atoms with E-state index in [2.05, 4.69) is 25.2 Å². The highest BCUT2D eigenvalue weighted by molar-refractivity contribution is 5.64. The second-order valence-electron chi connectivity index (χ2n) is 5.17. The first-order chi connectivity index (χ1) is 10.2. The van der Waals surface area contributed by atoms with Gasteiger partial charge in [0.1, 0.15) is 0 Å². The highest BCUT2D eigenvalue weighted by Gasteiger charge is 2.10. The first-order valence-electron chi connectivity index (χ1n) is 7.44. The van der Waals surface area contributed by atoms with E-state index >= 15 is 0 Å². The lowest BCUT2D eigenvalue weighted by Crippen LogP contribution is -2.21. The molecule has 112 valence electrons. The molecule has 2 aromatic rings. The summed E-state index contributed by atoms with van der Waals surface area (Å²) in [5.74, 6) is -1.62. The van der Waals surface area contributed by atoms with Crippen molar-refractivity contribution in [2.24, 2.45) is 0 Å². The average Bonchev–Trinajstić information content (AvgIpc) is 2.51. The van der Waals surface area contributed by atoms with Crippen molar-refractivity contribution in [2.45, 2.75) is 32.7 Å². The number of hydrogen-bond acceptors (Lipinski definition) is 1. The van der Waals surface area contributed by atoms with Crippen molar-refractivity contribution in [3.8, 4) is 11.1 Å². The number of nitrogens with one attached hydrogen (secondary N) is 1. The van der Waals surface area contributed by atoms with E-state index in [-0.39, 0.29) is 6.04 Å². The lowest BCUT2D eigenvalue weighted by molar-refractivity contribution is 0.509. The summed E-state index contributed by atoms with van der Waals surface area (Å²) in [6.45, 7) is 5.24. The molecule has 0 amide bonds. The molecule has 1 N–H and O–H groups in total. The van der Waals surface area contributed by atoms with Gasteiger partial charge in [0.2, 0.25) is 0 Å². The van der Waals surface area contributed by atoms with E-state index in [1.54, 1.807) is 6.07 Å². The van der Waals surface area contributed by atoms with Crippen LogP contribution in [0.4, 0.5) is 8.78 Å². The standard InChI is InChI=1S/C18H21F2N/c1-3-10-21-18(4-2)15-7-5-6-13(11-15)14-8-9-16(19)17(20)12-14/h5-9,11-12,18,21H,3-4,10H2,1-2H3. The van der Waals surface area contributed by atoms with Gasteiger partial charge in [0, 0.05) is 6.04 Å². The molecule has 0 aliphatic heterocycles. The maximum Gasteiger partial charge on any atom is 0.159 e. The zero-order valence-electron chi connectivity index (χ0n) is 12.5. The Morgan fingerprint density at radius 1 is 0.952 bits per heavy atom. The Morgan fingerprint density at radius 3 is 2.38 bits per heavy atom. The Kier molecular flexibility index (Phi) is 5.45. The van der Waals surface area contributed by atoms with E-state index in [1.807, 2.05) is 18.2 Å². The van der Waals surface area contributed by atoms with Gasteiger partial charge in [-0.2, -0.15) is 0 Å². The van der Waals surface area contributed by atoms with Gasteiger partial charge >= 0.3 is 0 Å². The van der Waals surface area contributed by atoms with Crippen molar-refractivity contribution < 1.29 is 8.78 Å². The Hall–Kier alpha value is -1.74. The van der Waals surface area contributed by atoms with Gasteiger partial charge in [-0.1, -0.05) is 38.1 Å². The van der Waals surface area contributed by atoms with Crippen LogP contribution in [0.25, 0.3) is 11.1 Å². The molecule has 2 rings (SSSR count). The molecule has 0 heterocycles. The summed E-state index contributed by atoms with van der Waals surface area (Å²) in [4.78, 5) is 0. The van der Waals surface area contributed by atoms with Crippen LogP contribution in [0.2, 0.25) is 0 Å². The Labute approximate surface area is 125 Å². The highest BCUT2D eigenvalue weighted by Crippen LogP contribution is 2.26. The summed E-state index contributed by atoms with van der Waals surface area (Å²) in [7, 11) is 0. The van der Waals surface area contributed by atoms with E-state index in [1.165, 1.54) is 17.7 Å². The molecule has 0 bridgehead atoms. The van der Waals surface area contributed by atoms with Crippen molar-refractivity contribution in [1.82, 2.24) is 5.32 Å². The largest absolute Gasteiger partial charge is 0.310 e. The molecule has 0 saturated carbocycles. The number of hydrogen-bond donors (Lipinski definition) is 1. The molecule has 0 aromatic heterocycles. The van der Waals surface area contributed by atoms with E-state index < -0.39 is 11.6 Å². The molecule has 0 aliphatic rings. The molecule has 0 radical (unpaired) electrons. The SMILES string of the molecule is CCCNC(CC)c1cccc(-c2ccc(F)c(F)c2)c1. The van der Waals surface area contributed by atoms with Crippen LogP contribution in [0, 0.1) is 11.6 Å². The third kappa shape index (κ3) is 3.88. The molecular weight excluding hydrogens is 268 g/mol. The third-order valence-electron chi connectivity index (χ3n) is 3.59. The van der Waals surface area contributed by atoms with Crippen molar-refractivity contribution in [1.29, 1.82) is 0 Å². The quantitative estimate of drug-likeness (QED) is 0.781. The van der Waals surface area contributed by atoms with Gasteiger partial charge in [0.25, 0.3) is 0 Å². The molecule has 0 spiro atoms. The van der Waals surface area contributed by atoms with Crippen molar-refractivity contribution in [3.63, 3.8) is 0 Å². The minimum absolute atomic E-state index is 0.287. The summed E-state index contributed by atoms with van der Waals surface area (Å²) >= 11 is 0. The van der Waals surface area contributed by atoms with Crippen LogP contribution in [-0.4, -0.2) is 6.54 Å². The minimum Gasteiger partial charge on any atom is -0.310 e. The maximum atomic E-state index is 13.4. The summed E-state index contributed by atoms with van der Waals surface area (Å²) in [5.41, 5.74) is 2.78. The van der Waals surface area contributed by atoms with Gasteiger partial charge in [-0.25, -0.2) is 8.78 Å². The van der Waals surface area contributed by atoms with E-state index in [0.717, 1.165) is 24.9 Å². The normalized spacial score (nSPS) is 12.4. The molecule has 0 fully saturated rings. The highest BCUT2D eigenvalue weighted by atomic mass is 19.2. The molecule has 21 heavy (non-hydrogen) atoms. The Bertz CT molecular complexity index is 596. The van der Waals surface area contributed by atoms with Gasteiger partial charge < -0.3 is 5.32 Å². The van der Waals surface area contributed by atoms with Crippen LogP contribution >= 0.6 is 0 Å². The van der Waals surface area contributed by atoms with Gasteiger partial charge in [0.05, 0.1) is 0 Å². The molecule has 2 aromatic carbocycles. The average molecular weight is 289 g/mol. The van der Waals surface area contributed by atoms with Crippen molar-refractivity contribution >= 4 is 0 Å². The van der Waals surface area contributed by atoms with Crippen LogP contribution in [0.3, 0.4) is 0 Å². The van der Waals surface area contributed by atoms with Crippen LogP contribution in [0.15, 0.2) is 42.5 Å². The van der Waals surface area contributed by atoms with Crippen LogP contribution in [-0.2, 0) is 0 Å². The summed E-state index contributed by atoms with van der Waals surface area (Å²) < 4.78 is 26.4. The lowest BCUT2D eigenvalue weighted by Gasteiger charge is -2.18. The predicted molar refractivity (Wildman–Crippen MR) is 83.1 cm³/mol. The summed E-state index contributed by atoms with van der Waals surface area (Å²) in [6.07, 6.45) is 2.07. The van der Waals surface area contributed by atoms with Crippen molar-refractivity contribution in [2.75, 3.05) is 6.54 Å². The van der Waals surface area contributed by atoms with Gasteiger partial charge in [-0.05, 0) is 54.3 Å². The van der Waals surface area contributed by atoms with E-state index in [4.69, 9.17) is 0 Å². The zero-order valence-corrected chi connectivity index (χ0v) is 12.5. The fourth-order valence-corrected chi connectivity index (χ4v) is 2.43. The molecular formula is C18H21F2N. The van der Waals surface area contributed by atoms with Gasteiger partial charge in [0.15, 0.2) is 11.6 Å². The monoisotopic (exact) mass is 289 g/mol. The first-order valence-corrected chi connectivity index (χ1v) is 7.44. The number of rotatable bonds is 6.